The van der Waals surface area contributed by atoms with Crippen LogP contribution >= 0.6 is 34.2 Å². The molecule has 94 valence electrons. The van der Waals surface area contributed by atoms with Crippen LogP contribution in [-0.2, 0) is 0 Å². The maximum absolute atomic E-state index is 6.20. The lowest BCUT2D eigenvalue weighted by Gasteiger charge is -2.30. The van der Waals surface area contributed by atoms with Crippen LogP contribution in [0.15, 0.2) is 18.2 Å². The van der Waals surface area contributed by atoms with Crippen LogP contribution in [0.3, 0.4) is 0 Å². The Kier molecular flexibility index (Phi) is 4.94. The summed E-state index contributed by atoms with van der Waals surface area (Å²) in [5, 5.41) is 4.29. The number of rotatable bonds is 3. The molecule has 1 aliphatic rings. The van der Waals surface area contributed by atoms with Gasteiger partial charge in [-0.15, -0.1) is 0 Å². The topological polar surface area (TPSA) is 15.3 Å². The molecule has 1 heterocycles. The molecule has 1 fully saturated rings. The average Bonchev–Trinajstić information content (AvgIpc) is 2.28. The van der Waals surface area contributed by atoms with Gasteiger partial charge in [-0.25, -0.2) is 0 Å². The van der Waals surface area contributed by atoms with Gasteiger partial charge in [-0.3, -0.25) is 0 Å². The van der Waals surface area contributed by atoms with E-state index in [-0.39, 0.29) is 0 Å². The summed E-state index contributed by atoms with van der Waals surface area (Å²) >= 11 is 8.48. The van der Waals surface area contributed by atoms with Crippen molar-refractivity contribution < 1.29 is 0 Å². The molecule has 1 aliphatic heterocycles. The van der Waals surface area contributed by atoms with Crippen molar-refractivity contribution in [3.63, 3.8) is 0 Å². The van der Waals surface area contributed by atoms with Crippen molar-refractivity contribution in [1.29, 1.82) is 0 Å². The van der Waals surface area contributed by atoms with Crippen molar-refractivity contribution in [2.75, 3.05) is 32.0 Å². The quantitative estimate of drug-likeness (QED) is 0.823. The minimum atomic E-state index is 0.740. The molecule has 17 heavy (non-hydrogen) atoms. The Bertz CT molecular complexity index is 384. The molecule has 1 aromatic carbocycles. The molecule has 2 rings (SSSR count). The Balaban J connectivity index is 1.88. The van der Waals surface area contributed by atoms with Gasteiger partial charge in [0.05, 0.1) is 10.7 Å². The van der Waals surface area contributed by atoms with Gasteiger partial charge in [0, 0.05) is 16.7 Å². The molecule has 4 heteroatoms. The highest BCUT2D eigenvalue weighted by atomic mass is 127. The lowest BCUT2D eigenvalue weighted by Crippen LogP contribution is -2.35. The molecule has 0 amide bonds. The summed E-state index contributed by atoms with van der Waals surface area (Å²) in [5.74, 6) is 0.740. The van der Waals surface area contributed by atoms with Crippen LogP contribution < -0.4 is 5.32 Å². The van der Waals surface area contributed by atoms with Crippen molar-refractivity contribution in [2.45, 2.75) is 12.8 Å². The lowest BCUT2D eigenvalue weighted by molar-refractivity contribution is 0.217. The van der Waals surface area contributed by atoms with Gasteiger partial charge in [0.2, 0.25) is 0 Å². The largest absolute Gasteiger partial charge is 0.384 e. The van der Waals surface area contributed by atoms with Crippen LogP contribution in [0, 0.1) is 9.49 Å². The molecule has 1 N–H and O–H groups in total. The third kappa shape index (κ3) is 4.00. The molecule has 1 saturated heterocycles. The van der Waals surface area contributed by atoms with E-state index in [0.29, 0.717) is 0 Å². The van der Waals surface area contributed by atoms with E-state index < -0.39 is 0 Å². The van der Waals surface area contributed by atoms with Crippen molar-refractivity contribution in [3.8, 4) is 0 Å². The minimum absolute atomic E-state index is 0.740. The Morgan fingerprint density at radius 3 is 3.06 bits per heavy atom. The smallest absolute Gasteiger partial charge is 0.0648 e. The maximum atomic E-state index is 6.20. The fraction of sp³-hybridized carbons (Fsp3) is 0.538. The summed E-state index contributed by atoms with van der Waals surface area (Å²) < 4.78 is 1.18. The molecule has 1 unspecified atom stereocenters. The Hall–Kier alpha value is -0.0000000000000000555. The van der Waals surface area contributed by atoms with Crippen LogP contribution in [0.4, 0.5) is 5.69 Å². The number of hydrogen-bond donors (Lipinski definition) is 1. The molecule has 2 nitrogen and oxygen atoms in total. The van der Waals surface area contributed by atoms with Gasteiger partial charge in [-0.1, -0.05) is 11.6 Å². The second-order valence-corrected chi connectivity index (χ2v) is 6.43. The number of anilines is 1. The van der Waals surface area contributed by atoms with Crippen LogP contribution in [0.5, 0.6) is 0 Å². The second-order valence-electron chi connectivity index (χ2n) is 4.78. The lowest BCUT2D eigenvalue weighted by atomic mass is 9.98. The number of likely N-dealkylation sites (tertiary alicyclic amines) is 1. The Morgan fingerprint density at radius 1 is 1.53 bits per heavy atom. The van der Waals surface area contributed by atoms with Crippen LogP contribution in [-0.4, -0.2) is 31.6 Å². The van der Waals surface area contributed by atoms with E-state index in [9.17, 15) is 0 Å². The van der Waals surface area contributed by atoms with Crippen LogP contribution in [0.25, 0.3) is 0 Å². The number of benzene rings is 1. The monoisotopic (exact) mass is 364 g/mol. The first-order valence-corrected chi connectivity index (χ1v) is 7.48. The zero-order valence-electron chi connectivity index (χ0n) is 10.0. The highest BCUT2D eigenvalue weighted by molar-refractivity contribution is 14.1. The molecule has 1 aromatic rings. The standard InChI is InChI=1S/C13H18ClIN2/c1-17-6-2-3-10(9-17)8-16-13-5-4-11(15)7-12(13)14/h4-5,7,10,16H,2-3,6,8-9H2,1H3. The Morgan fingerprint density at radius 2 is 2.35 bits per heavy atom. The third-order valence-corrected chi connectivity index (χ3v) is 4.22. The zero-order chi connectivity index (χ0) is 12.3. The minimum Gasteiger partial charge on any atom is -0.384 e. The first kappa shape index (κ1) is 13.4. The number of halogens is 2. The predicted octanol–water partition coefficient (Wildman–Crippen LogP) is 3.70. The van der Waals surface area contributed by atoms with Crippen LogP contribution in [0.2, 0.25) is 5.02 Å². The van der Waals surface area contributed by atoms with Gasteiger partial charge in [0.1, 0.15) is 0 Å². The fourth-order valence-corrected chi connectivity index (χ4v) is 3.25. The molecule has 0 radical (unpaired) electrons. The van der Waals surface area contributed by atoms with E-state index in [1.54, 1.807) is 0 Å². The molecule has 0 aromatic heterocycles. The summed E-state index contributed by atoms with van der Waals surface area (Å²) in [5.41, 5.74) is 1.06. The van der Waals surface area contributed by atoms with Crippen molar-refractivity contribution in [1.82, 2.24) is 4.90 Å². The summed E-state index contributed by atoms with van der Waals surface area (Å²) in [6.07, 6.45) is 2.63. The average molecular weight is 365 g/mol. The molecule has 1 atom stereocenters. The molecule has 0 aliphatic carbocycles. The molecule has 0 bridgehead atoms. The maximum Gasteiger partial charge on any atom is 0.0648 e. The van der Waals surface area contributed by atoms with Crippen LogP contribution in [0.1, 0.15) is 12.8 Å². The van der Waals surface area contributed by atoms with Gasteiger partial charge < -0.3 is 10.2 Å². The van der Waals surface area contributed by atoms with E-state index >= 15 is 0 Å². The van der Waals surface area contributed by atoms with E-state index in [4.69, 9.17) is 11.6 Å². The summed E-state index contributed by atoms with van der Waals surface area (Å²) in [6.45, 7) is 3.44. The third-order valence-electron chi connectivity index (χ3n) is 3.23. The summed E-state index contributed by atoms with van der Waals surface area (Å²) in [6, 6.07) is 6.15. The molecular formula is C13H18ClIN2. The molecule has 0 saturated carbocycles. The van der Waals surface area contributed by atoms with Crippen molar-refractivity contribution >= 4 is 39.9 Å². The summed E-state index contributed by atoms with van der Waals surface area (Å²) in [4.78, 5) is 2.41. The first-order chi connectivity index (χ1) is 8.15. The number of nitrogens with one attached hydrogen (secondary N) is 1. The van der Waals surface area contributed by atoms with E-state index in [1.165, 1.54) is 29.5 Å². The zero-order valence-corrected chi connectivity index (χ0v) is 13.0. The number of piperidine rings is 1. The normalized spacial score (nSPS) is 21.5. The predicted molar refractivity (Wildman–Crippen MR) is 82.9 cm³/mol. The molecule has 0 spiro atoms. The number of nitrogens with zero attached hydrogens (tertiary/aromatic N) is 1. The first-order valence-electron chi connectivity index (χ1n) is 6.02. The fourth-order valence-electron chi connectivity index (χ4n) is 2.33. The van der Waals surface area contributed by atoms with Crippen molar-refractivity contribution in [3.05, 3.63) is 26.8 Å². The number of hydrogen-bond acceptors (Lipinski definition) is 2. The highest BCUT2D eigenvalue weighted by Gasteiger charge is 2.16. The summed E-state index contributed by atoms with van der Waals surface area (Å²) in [7, 11) is 2.20. The second kappa shape index (κ2) is 6.25. The highest BCUT2D eigenvalue weighted by Crippen LogP contribution is 2.25. The van der Waals surface area contributed by atoms with Gasteiger partial charge in [0.15, 0.2) is 0 Å². The SMILES string of the molecule is CN1CCCC(CNc2ccc(I)cc2Cl)C1. The van der Waals surface area contributed by atoms with Gasteiger partial charge in [-0.05, 0) is 73.1 Å². The van der Waals surface area contributed by atoms with E-state index in [1.807, 2.05) is 6.07 Å². The van der Waals surface area contributed by atoms with E-state index in [0.717, 1.165) is 23.2 Å². The molecular weight excluding hydrogens is 347 g/mol. The van der Waals surface area contributed by atoms with E-state index in [2.05, 4.69) is 52.0 Å². The Labute approximate surface area is 122 Å². The van der Waals surface area contributed by atoms with Gasteiger partial charge in [-0.2, -0.15) is 0 Å². The van der Waals surface area contributed by atoms with Crippen molar-refractivity contribution in [2.24, 2.45) is 5.92 Å². The van der Waals surface area contributed by atoms with Gasteiger partial charge >= 0.3 is 0 Å². The van der Waals surface area contributed by atoms with Gasteiger partial charge in [0.25, 0.3) is 0 Å².